The van der Waals surface area contributed by atoms with Gasteiger partial charge in [-0.05, 0) is 54.7 Å². The van der Waals surface area contributed by atoms with Crippen LogP contribution >= 0.6 is 11.8 Å². The molecule has 166 valence electrons. The molecule has 0 saturated carbocycles. The molecule has 0 radical (unpaired) electrons. The Morgan fingerprint density at radius 3 is 2.72 bits per heavy atom. The Kier molecular flexibility index (Phi) is 6.14. The summed E-state index contributed by atoms with van der Waals surface area (Å²) in [6, 6.07) is 15.3. The molecule has 3 heterocycles. The van der Waals surface area contributed by atoms with E-state index in [0.717, 1.165) is 43.8 Å². The lowest BCUT2D eigenvalue weighted by molar-refractivity contribution is -0.129. The molecule has 1 aromatic heterocycles. The van der Waals surface area contributed by atoms with Gasteiger partial charge in [-0.25, -0.2) is 0 Å². The zero-order valence-electron chi connectivity index (χ0n) is 17.8. The van der Waals surface area contributed by atoms with Crippen LogP contribution in [0.3, 0.4) is 0 Å². The van der Waals surface area contributed by atoms with Crippen LogP contribution in [0.1, 0.15) is 24.0 Å². The van der Waals surface area contributed by atoms with Crippen LogP contribution < -0.4 is 0 Å². The number of amides is 1. The fraction of sp³-hybridized carbons (Fsp3) is 0.375. The molecule has 5 rings (SSSR count). The fourth-order valence-electron chi connectivity index (χ4n) is 4.30. The van der Waals surface area contributed by atoms with E-state index in [0.29, 0.717) is 24.0 Å². The maximum Gasteiger partial charge on any atom is 0.233 e. The van der Waals surface area contributed by atoms with Crippen molar-refractivity contribution in [2.75, 3.05) is 18.9 Å². The summed E-state index contributed by atoms with van der Waals surface area (Å²) < 4.78 is 7.89. The van der Waals surface area contributed by atoms with Crippen LogP contribution in [0.2, 0.25) is 0 Å². The number of nitrogens with zero attached hydrogens (tertiary/aromatic N) is 4. The quantitative estimate of drug-likeness (QED) is 0.579. The number of carbonyl (C=O) groups is 1. The first-order chi connectivity index (χ1) is 15.7. The number of thioether (sulfide) groups is 1. The van der Waals surface area contributed by atoms with Crippen molar-refractivity contribution in [2.24, 2.45) is 0 Å². The van der Waals surface area contributed by atoms with Gasteiger partial charge in [0.25, 0.3) is 0 Å². The number of carbonyl (C=O) groups excluding carboxylic acids is 1. The molecule has 8 heteroatoms. The van der Waals surface area contributed by atoms with Crippen LogP contribution in [-0.2, 0) is 29.0 Å². The van der Waals surface area contributed by atoms with Gasteiger partial charge in [0.15, 0.2) is 11.0 Å². The van der Waals surface area contributed by atoms with Crippen LogP contribution in [0.25, 0.3) is 11.4 Å². The second kappa shape index (κ2) is 9.34. The molecule has 0 bridgehead atoms. The average Bonchev–Trinajstić information content (AvgIpc) is 3.48. The molecule has 3 aromatic rings. The number of aromatic hydroxyl groups is 1. The molecule has 1 atom stereocenters. The maximum absolute atomic E-state index is 12.9. The number of hydrogen-bond donors (Lipinski definition) is 1. The number of benzene rings is 2. The van der Waals surface area contributed by atoms with E-state index in [1.165, 1.54) is 22.9 Å². The minimum Gasteiger partial charge on any atom is -0.508 e. The lowest BCUT2D eigenvalue weighted by Crippen LogP contribution is -2.37. The fourth-order valence-corrected chi connectivity index (χ4v) is 5.15. The summed E-state index contributed by atoms with van der Waals surface area (Å²) in [6.45, 7) is 2.84. The van der Waals surface area contributed by atoms with Crippen molar-refractivity contribution in [1.82, 2.24) is 19.7 Å². The van der Waals surface area contributed by atoms with Gasteiger partial charge in [-0.15, -0.1) is 10.2 Å². The van der Waals surface area contributed by atoms with Crippen LogP contribution in [0.5, 0.6) is 5.75 Å². The zero-order chi connectivity index (χ0) is 21.9. The highest BCUT2D eigenvalue weighted by atomic mass is 32.2. The van der Waals surface area contributed by atoms with Crippen molar-refractivity contribution in [3.63, 3.8) is 0 Å². The smallest absolute Gasteiger partial charge is 0.233 e. The van der Waals surface area contributed by atoms with Gasteiger partial charge in [0.1, 0.15) is 5.75 Å². The largest absolute Gasteiger partial charge is 0.508 e. The number of hydrogen-bond acceptors (Lipinski definition) is 6. The predicted molar refractivity (Wildman–Crippen MR) is 122 cm³/mol. The van der Waals surface area contributed by atoms with E-state index in [1.807, 2.05) is 27.7 Å². The van der Waals surface area contributed by atoms with Gasteiger partial charge < -0.3 is 14.7 Å². The number of rotatable bonds is 6. The summed E-state index contributed by atoms with van der Waals surface area (Å²) in [7, 11) is 0. The highest BCUT2D eigenvalue weighted by molar-refractivity contribution is 7.99. The normalized spacial score (nSPS) is 18.0. The monoisotopic (exact) mass is 450 g/mol. The van der Waals surface area contributed by atoms with Gasteiger partial charge >= 0.3 is 0 Å². The highest BCUT2D eigenvalue weighted by Gasteiger charge is 2.24. The first kappa shape index (κ1) is 21.0. The Hall–Kier alpha value is -2.84. The van der Waals surface area contributed by atoms with E-state index in [4.69, 9.17) is 4.74 Å². The van der Waals surface area contributed by atoms with Crippen molar-refractivity contribution >= 4 is 17.7 Å². The van der Waals surface area contributed by atoms with Gasteiger partial charge in [-0.2, -0.15) is 0 Å². The van der Waals surface area contributed by atoms with Crippen molar-refractivity contribution in [3.05, 3.63) is 59.7 Å². The summed E-state index contributed by atoms with van der Waals surface area (Å²) in [5.41, 5.74) is 3.44. The molecule has 2 aliphatic heterocycles. The minimum absolute atomic E-state index is 0.113. The molecule has 1 N–H and O–H groups in total. The topological polar surface area (TPSA) is 80.5 Å². The zero-order valence-corrected chi connectivity index (χ0v) is 18.6. The molecule has 2 aromatic carbocycles. The molecular formula is C24H26N4O3S. The molecule has 32 heavy (non-hydrogen) atoms. The first-order valence-electron chi connectivity index (χ1n) is 11.0. The predicted octanol–water partition coefficient (Wildman–Crippen LogP) is 3.51. The van der Waals surface area contributed by atoms with E-state index in [9.17, 15) is 9.90 Å². The number of fused-ring (bicyclic) bond motifs is 1. The lowest BCUT2D eigenvalue weighted by atomic mass is 10.00. The molecule has 0 spiro atoms. The maximum atomic E-state index is 12.9. The minimum atomic E-state index is 0.113. The van der Waals surface area contributed by atoms with Gasteiger partial charge in [-0.1, -0.05) is 36.0 Å². The third-order valence-electron chi connectivity index (χ3n) is 6.06. The average molecular weight is 451 g/mol. The van der Waals surface area contributed by atoms with Crippen molar-refractivity contribution < 1.29 is 14.6 Å². The van der Waals surface area contributed by atoms with Gasteiger partial charge in [-0.3, -0.25) is 9.36 Å². The van der Waals surface area contributed by atoms with Gasteiger partial charge in [0, 0.05) is 25.3 Å². The van der Waals surface area contributed by atoms with Gasteiger partial charge in [0.05, 0.1) is 18.4 Å². The second-order valence-electron chi connectivity index (χ2n) is 8.22. The lowest BCUT2D eigenvalue weighted by Gasteiger charge is -2.28. The number of phenolic OH excluding ortho intramolecular Hbond substituents is 1. The second-order valence-corrected chi connectivity index (χ2v) is 9.16. The molecule has 2 aliphatic rings. The van der Waals surface area contributed by atoms with E-state index >= 15 is 0 Å². The van der Waals surface area contributed by atoms with Crippen molar-refractivity contribution in [3.8, 4) is 17.1 Å². The molecule has 1 fully saturated rings. The summed E-state index contributed by atoms with van der Waals surface area (Å²) in [5.74, 6) is 1.37. The Morgan fingerprint density at radius 1 is 1.12 bits per heavy atom. The number of aromatic nitrogens is 3. The van der Waals surface area contributed by atoms with Crippen molar-refractivity contribution in [1.29, 1.82) is 0 Å². The SMILES string of the molecule is O=C(CSc1nnc(-c2ccc(O)cc2)n1CC1CCCO1)N1CCc2ccccc2C1. The van der Waals surface area contributed by atoms with E-state index < -0.39 is 0 Å². The molecule has 1 saturated heterocycles. The summed E-state index contributed by atoms with van der Waals surface area (Å²) in [5, 5.41) is 19.2. The van der Waals surface area contributed by atoms with Gasteiger partial charge in [0.2, 0.25) is 5.91 Å². The Labute approximate surface area is 191 Å². The van der Waals surface area contributed by atoms with Crippen LogP contribution in [0.15, 0.2) is 53.7 Å². The Morgan fingerprint density at radius 2 is 1.94 bits per heavy atom. The number of phenols is 1. The molecular weight excluding hydrogens is 424 g/mol. The Balaban J connectivity index is 1.31. The third-order valence-corrected chi connectivity index (χ3v) is 7.01. The summed E-state index contributed by atoms with van der Waals surface area (Å²) in [6.07, 6.45) is 3.07. The van der Waals surface area contributed by atoms with Crippen LogP contribution in [0.4, 0.5) is 0 Å². The molecule has 0 aliphatic carbocycles. The standard InChI is InChI=1S/C24H26N4O3S/c29-20-9-7-18(8-10-20)23-25-26-24(28(23)15-21-6-3-13-31-21)32-16-22(30)27-12-11-17-4-1-2-5-19(17)14-27/h1-2,4-5,7-10,21,29H,3,6,11-16H2. The van der Waals surface area contributed by atoms with Crippen LogP contribution in [0, 0.1) is 0 Å². The van der Waals surface area contributed by atoms with E-state index in [-0.39, 0.29) is 17.8 Å². The molecule has 1 unspecified atom stereocenters. The van der Waals surface area contributed by atoms with Crippen molar-refractivity contribution in [2.45, 2.75) is 43.6 Å². The van der Waals surface area contributed by atoms with E-state index in [2.05, 4.69) is 28.4 Å². The third kappa shape index (κ3) is 4.52. The Bertz CT molecular complexity index is 1090. The van der Waals surface area contributed by atoms with E-state index in [1.54, 1.807) is 12.1 Å². The molecule has 7 nitrogen and oxygen atoms in total. The molecule has 1 amide bonds. The number of ether oxygens (including phenoxy) is 1. The first-order valence-corrected chi connectivity index (χ1v) is 12.0. The highest BCUT2D eigenvalue weighted by Crippen LogP contribution is 2.28. The summed E-state index contributed by atoms with van der Waals surface area (Å²) in [4.78, 5) is 14.9. The summed E-state index contributed by atoms with van der Waals surface area (Å²) >= 11 is 1.43. The van der Waals surface area contributed by atoms with Crippen LogP contribution in [-0.4, -0.2) is 55.7 Å².